The summed E-state index contributed by atoms with van der Waals surface area (Å²) in [4.78, 5) is 10.9. The fourth-order valence-electron chi connectivity index (χ4n) is 2.49. The van der Waals surface area contributed by atoms with Crippen molar-refractivity contribution in [3.8, 4) is 11.3 Å². The first-order valence-corrected chi connectivity index (χ1v) is 6.47. The molecular weight excluding hydrogens is 268 g/mol. The maximum Gasteiger partial charge on any atom is 0.371 e. The minimum atomic E-state index is -1.07. The number of carbonyl (C=O) groups is 1. The Balaban J connectivity index is 1.92. The molecule has 0 aliphatic rings. The Morgan fingerprint density at radius 3 is 2.48 bits per heavy atom. The lowest BCUT2D eigenvalue weighted by atomic mass is 10.1. The first-order chi connectivity index (χ1) is 10.2. The number of hydrogen-bond acceptors (Lipinski definition) is 3. The van der Waals surface area contributed by atoms with Gasteiger partial charge in [0.2, 0.25) is 5.76 Å². The van der Waals surface area contributed by atoms with Gasteiger partial charge in [0.05, 0.1) is 0 Å². The highest BCUT2D eigenvalue weighted by atomic mass is 16.4. The van der Waals surface area contributed by atoms with E-state index in [0.717, 1.165) is 27.5 Å². The van der Waals surface area contributed by atoms with E-state index >= 15 is 0 Å². The molecule has 4 rings (SSSR count). The van der Waals surface area contributed by atoms with Crippen molar-refractivity contribution in [2.24, 2.45) is 0 Å². The van der Waals surface area contributed by atoms with Crippen LogP contribution in [0.1, 0.15) is 10.6 Å². The van der Waals surface area contributed by atoms with Gasteiger partial charge < -0.3 is 13.9 Å². The van der Waals surface area contributed by atoms with Gasteiger partial charge in [-0.05, 0) is 36.4 Å². The van der Waals surface area contributed by atoms with E-state index < -0.39 is 5.97 Å². The quantitative estimate of drug-likeness (QED) is 0.584. The van der Waals surface area contributed by atoms with E-state index in [2.05, 4.69) is 0 Å². The van der Waals surface area contributed by atoms with Crippen molar-refractivity contribution in [3.05, 3.63) is 60.4 Å². The van der Waals surface area contributed by atoms with Crippen LogP contribution in [0.25, 0.3) is 33.3 Å². The van der Waals surface area contributed by atoms with Gasteiger partial charge in [-0.25, -0.2) is 4.79 Å². The average molecular weight is 278 g/mol. The molecule has 2 heterocycles. The minimum absolute atomic E-state index is 0.0675. The number of aromatic carboxylic acids is 1. The Kier molecular flexibility index (Phi) is 2.38. The van der Waals surface area contributed by atoms with Gasteiger partial charge in [-0.1, -0.05) is 18.2 Å². The summed E-state index contributed by atoms with van der Waals surface area (Å²) in [6.45, 7) is 0. The van der Waals surface area contributed by atoms with Crippen LogP contribution in [0.15, 0.2) is 63.4 Å². The molecule has 0 saturated carbocycles. The van der Waals surface area contributed by atoms with Crippen LogP contribution in [0.5, 0.6) is 0 Å². The van der Waals surface area contributed by atoms with Crippen molar-refractivity contribution in [1.82, 2.24) is 0 Å². The number of carboxylic acids is 1. The minimum Gasteiger partial charge on any atom is -0.475 e. The van der Waals surface area contributed by atoms with E-state index in [0.29, 0.717) is 5.76 Å². The molecule has 0 unspecified atom stereocenters. The van der Waals surface area contributed by atoms with Gasteiger partial charge in [0.25, 0.3) is 0 Å². The number of furan rings is 2. The number of fused-ring (bicyclic) bond motifs is 3. The van der Waals surface area contributed by atoms with Gasteiger partial charge in [0, 0.05) is 16.3 Å². The van der Waals surface area contributed by atoms with Crippen LogP contribution >= 0.6 is 0 Å². The Labute approximate surface area is 119 Å². The van der Waals surface area contributed by atoms with Crippen molar-refractivity contribution in [2.45, 2.75) is 0 Å². The zero-order valence-corrected chi connectivity index (χ0v) is 10.9. The Bertz CT molecular complexity index is 975. The summed E-state index contributed by atoms with van der Waals surface area (Å²) < 4.78 is 11.1. The molecule has 0 atom stereocenters. The lowest BCUT2D eigenvalue weighted by Crippen LogP contribution is -1.91. The molecule has 0 saturated heterocycles. The summed E-state index contributed by atoms with van der Waals surface area (Å²) in [5.41, 5.74) is 2.45. The standard InChI is InChI=1S/C17H10O4/c18-17(19)16-8-7-13(20-16)10-5-6-15-12(9-10)11-3-1-2-4-14(11)21-15/h1-9H,(H,18,19). The van der Waals surface area contributed by atoms with Gasteiger partial charge >= 0.3 is 5.97 Å². The molecule has 0 spiro atoms. The number of carboxylic acid groups (broad SMARTS) is 1. The SMILES string of the molecule is O=C(O)c1ccc(-c2ccc3oc4ccccc4c3c2)o1. The Hall–Kier alpha value is -3.01. The second-order valence-electron chi connectivity index (χ2n) is 4.78. The molecule has 0 radical (unpaired) electrons. The topological polar surface area (TPSA) is 63.6 Å². The lowest BCUT2D eigenvalue weighted by Gasteiger charge is -1.97. The van der Waals surface area contributed by atoms with Crippen LogP contribution in [0, 0.1) is 0 Å². The molecule has 0 bridgehead atoms. The van der Waals surface area contributed by atoms with E-state index in [4.69, 9.17) is 13.9 Å². The Morgan fingerprint density at radius 2 is 1.67 bits per heavy atom. The predicted octanol–water partition coefficient (Wildman–Crippen LogP) is 4.54. The van der Waals surface area contributed by atoms with Crippen LogP contribution in [0.4, 0.5) is 0 Å². The number of rotatable bonds is 2. The van der Waals surface area contributed by atoms with Gasteiger partial charge in [-0.3, -0.25) is 0 Å². The van der Waals surface area contributed by atoms with Crippen LogP contribution in [0.2, 0.25) is 0 Å². The maximum atomic E-state index is 10.9. The molecule has 102 valence electrons. The summed E-state index contributed by atoms with van der Waals surface area (Å²) in [6.07, 6.45) is 0. The van der Waals surface area contributed by atoms with E-state index in [-0.39, 0.29) is 5.76 Å². The summed E-state index contributed by atoms with van der Waals surface area (Å²) in [7, 11) is 0. The van der Waals surface area contributed by atoms with Crippen molar-refractivity contribution in [2.75, 3.05) is 0 Å². The van der Waals surface area contributed by atoms with Crippen LogP contribution in [-0.2, 0) is 0 Å². The van der Waals surface area contributed by atoms with E-state index in [1.54, 1.807) is 6.07 Å². The van der Waals surface area contributed by atoms with Gasteiger partial charge in [0.1, 0.15) is 16.9 Å². The highest BCUT2D eigenvalue weighted by Gasteiger charge is 2.12. The molecule has 2 aromatic carbocycles. The third kappa shape index (κ3) is 1.80. The third-order valence-corrected chi connectivity index (χ3v) is 3.48. The second kappa shape index (κ2) is 4.24. The van der Waals surface area contributed by atoms with Crippen LogP contribution in [0.3, 0.4) is 0 Å². The average Bonchev–Trinajstić information content (AvgIpc) is 3.11. The smallest absolute Gasteiger partial charge is 0.371 e. The molecule has 0 aliphatic carbocycles. The number of benzene rings is 2. The molecule has 2 aromatic heterocycles. The molecule has 21 heavy (non-hydrogen) atoms. The van der Waals surface area contributed by atoms with Crippen LogP contribution in [-0.4, -0.2) is 11.1 Å². The summed E-state index contributed by atoms with van der Waals surface area (Å²) in [5, 5.41) is 10.9. The van der Waals surface area contributed by atoms with E-state index in [1.165, 1.54) is 6.07 Å². The summed E-state index contributed by atoms with van der Waals surface area (Å²) in [5.74, 6) is -0.613. The highest BCUT2D eigenvalue weighted by molar-refractivity contribution is 6.06. The summed E-state index contributed by atoms with van der Waals surface area (Å²) >= 11 is 0. The summed E-state index contributed by atoms with van der Waals surface area (Å²) in [6, 6.07) is 16.6. The normalized spacial score (nSPS) is 11.2. The first kappa shape index (κ1) is 11.8. The zero-order chi connectivity index (χ0) is 14.4. The first-order valence-electron chi connectivity index (χ1n) is 6.47. The maximum absolute atomic E-state index is 10.9. The fourth-order valence-corrected chi connectivity index (χ4v) is 2.49. The van der Waals surface area contributed by atoms with E-state index in [1.807, 2.05) is 42.5 Å². The molecule has 4 nitrogen and oxygen atoms in total. The molecule has 4 heteroatoms. The van der Waals surface area contributed by atoms with E-state index in [9.17, 15) is 4.79 Å². The fraction of sp³-hybridized carbons (Fsp3) is 0. The molecular formula is C17H10O4. The van der Waals surface area contributed by atoms with Gasteiger partial charge in [-0.15, -0.1) is 0 Å². The van der Waals surface area contributed by atoms with Crippen molar-refractivity contribution >= 4 is 27.9 Å². The lowest BCUT2D eigenvalue weighted by molar-refractivity contribution is 0.0663. The van der Waals surface area contributed by atoms with Crippen molar-refractivity contribution in [3.63, 3.8) is 0 Å². The molecule has 0 fully saturated rings. The van der Waals surface area contributed by atoms with Crippen molar-refractivity contribution < 1.29 is 18.7 Å². The second-order valence-corrected chi connectivity index (χ2v) is 4.78. The number of hydrogen-bond donors (Lipinski definition) is 1. The highest BCUT2D eigenvalue weighted by Crippen LogP contribution is 2.32. The molecule has 1 N–H and O–H groups in total. The molecule has 0 aliphatic heterocycles. The predicted molar refractivity (Wildman–Crippen MR) is 78.4 cm³/mol. The number of para-hydroxylation sites is 1. The van der Waals surface area contributed by atoms with Crippen molar-refractivity contribution in [1.29, 1.82) is 0 Å². The van der Waals surface area contributed by atoms with Gasteiger partial charge in [-0.2, -0.15) is 0 Å². The largest absolute Gasteiger partial charge is 0.475 e. The van der Waals surface area contributed by atoms with Gasteiger partial charge in [0.15, 0.2) is 0 Å². The molecule has 0 amide bonds. The Morgan fingerprint density at radius 1 is 0.857 bits per heavy atom. The van der Waals surface area contributed by atoms with Crippen LogP contribution < -0.4 is 0 Å². The monoisotopic (exact) mass is 278 g/mol. The third-order valence-electron chi connectivity index (χ3n) is 3.48. The zero-order valence-electron chi connectivity index (χ0n) is 10.9. The molecule has 4 aromatic rings.